The van der Waals surface area contributed by atoms with E-state index in [9.17, 15) is 4.79 Å². The van der Waals surface area contributed by atoms with Crippen LogP contribution in [-0.4, -0.2) is 16.1 Å². The van der Waals surface area contributed by atoms with E-state index in [2.05, 4.69) is 4.98 Å². The molecule has 0 aliphatic rings. The summed E-state index contributed by atoms with van der Waals surface area (Å²) in [5.41, 5.74) is 4.21. The third kappa shape index (κ3) is 1.97. The van der Waals surface area contributed by atoms with Gasteiger partial charge in [0.15, 0.2) is 0 Å². The van der Waals surface area contributed by atoms with Crippen LogP contribution >= 0.6 is 11.6 Å². The molecular formula is C12H11ClN2O2. The summed E-state index contributed by atoms with van der Waals surface area (Å²) in [7, 11) is 0. The molecule has 88 valence electrons. The lowest BCUT2D eigenvalue weighted by molar-refractivity contribution is 0.0708. The van der Waals surface area contributed by atoms with E-state index in [1.165, 1.54) is 0 Å². The van der Waals surface area contributed by atoms with Gasteiger partial charge in [-0.3, -0.25) is 15.0 Å². The zero-order chi connectivity index (χ0) is 12.6. The molecule has 0 saturated heterocycles. The Morgan fingerprint density at radius 2 is 2.12 bits per heavy atom. The highest BCUT2D eigenvalue weighted by Crippen LogP contribution is 2.26. The predicted octanol–water partition coefficient (Wildman–Crippen LogP) is 2.62. The van der Waals surface area contributed by atoms with Gasteiger partial charge >= 0.3 is 0 Å². The van der Waals surface area contributed by atoms with E-state index >= 15 is 0 Å². The number of fused-ring (bicyclic) bond motifs is 1. The van der Waals surface area contributed by atoms with Crippen molar-refractivity contribution in [3.63, 3.8) is 0 Å². The predicted molar refractivity (Wildman–Crippen MR) is 65.5 cm³/mol. The number of hydrogen-bond acceptors (Lipinski definition) is 3. The first kappa shape index (κ1) is 11.8. The van der Waals surface area contributed by atoms with Crippen molar-refractivity contribution < 1.29 is 10.0 Å². The molecule has 4 nitrogen and oxygen atoms in total. The summed E-state index contributed by atoms with van der Waals surface area (Å²) in [6.45, 7) is 3.63. The van der Waals surface area contributed by atoms with Gasteiger partial charge in [-0.15, -0.1) is 0 Å². The van der Waals surface area contributed by atoms with Crippen molar-refractivity contribution in [2.45, 2.75) is 13.8 Å². The van der Waals surface area contributed by atoms with Gasteiger partial charge in [-0.2, -0.15) is 0 Å². The maximum absolute atomic E-state index is 11.6. The molecule has 1 aromatic carbocycles. The van der Waals surface area contributed by atoms with Gasteiger partial charge in [-0.25, -0.2) is 5.48 Å². The Balaban J connectivity index is 2.86. The molecule has 0 aliphatic carbocycles. The Morgan fingerprint density at radius 3 is 2.76 bits per heavy atom. The summed E-state index contributed by atoms with van der Waals surface area (Å²) in [5.74, 6) is -0.553. The number of pyridine rings is 1. The van der Waals surface area contributed by atoms with Crippen LogP contribution in [0.4, 0.5) is 0 Å². The molecular weight excluding hydrogens is 240 g/mol. The van der Waals surface area contributed by atoms with E-state index in [0.29, 0.717) is 27.2 Å². The SMILES string of the molecule is Cc1cc(C(=O)NO)c2ccc(Cl)c(C)c2n1. The van der Waals surface area contributed by atoms with Crippen molar-refractivity contribution >= 4 is 28.4 Å². The fraction of sp³-hybridized carbons (Fsp3) is 0.167. The van der Waals surface area contributed by atoms with Crippen LogP contribution in [0.1, 0.15) is 21.6 Å². The molecule has 17 heavy (non-hydrogen) atoms. The number of hydrogen-bond donors (Lipinski definition) is 2. The second kappa shape index (κ2) is 4.31. The zero-order valence-electron chi connectivity index (χ0n) is 9.41. The first-order valence-corrected chi connectivity index (χ1v) is 5.43. The van der Waals surface area contributed by atoms with E-state index in [4.69, 9.17) is 16.8 Å². The fourth-order valence-corrected chi connectivity index (χ4v) is 1.93. The summed E-state index contributed by atoms with van der Waals surface area (Å²) >= 11 is 6.02. The van der Waals surface area contributed by atoms with Crippen LogP contribution in [0.3, 0.4) is 0 Å². The Hall–Kier alpha value is -1.65. The number of benzene rings is 1. The molecule has 0 bridgehead atoms. The second-order valence-electron chi connectivity index (χ2n) is 3.82. The zero-order valence-corrected chi connectivity index (χ0v) is 10.2. The lowest BCUT2D eigenvalue weighted by atomic mass is 10.0. The van der Waals surface area contributed by atoms with Gasteiger partial charge < -0.3 is 0 Å². The van der Waals surface area contributed by atoms with Gasteiger partial charge in [0.25, 0.3) is 5.91 Å². The topological polar surface area (TPSA) is 62.2 Å². The van der Waals surface area contributed by atoms with Crippen LogP contribution in [0, 0.1) is 13.8 Å². The van der Waals surface area contributed by atoms with Crippen LogP contribution in [0.2, 0.25) is 5.02 Å². The van der Waals surface area contributed by atoms with E-state index in [1.807, 2.05) is 6.92 Å². The highest BCUT2D eigenvalue weighted by atomic mass is 35.5. The molecule has 0 atom stereocenters. The van der Waals surface area contributed by atoms with Crippen molar-refractivity contribution in [1.82, 2.24) is 10.5 Å². The molecule has 1 heterocycles. The van der Waals surface area contributed by atoms with Crippen LogP contribution in [-0.2, 0) is 0 Å². The number of carbonyl (C=O) groups is 1. The quantitative estimate of drug-likeness (QED) is 0.604. The van der Waals surface area contributed by atoms with Crippen LogP contribution in [0.5, 0.6) is 0 Å². The van der Waals surface area contributed by atoms with E-state index in [0.717, 1.165) is 5.56 Å². The summed E-state index contributed by atoms with van der Waals surface area (Å²) in [6.07, 6.45) is 0. The minimum absolute atomic E-state index is 0.384. The first-order valence-electron chi connectivity index (χ1n) is 5.05. The number of amides is 1. The third-order valence-electron chi connectivity index (χ3n) is 2.64. The Bertz CT molecular complexity index is 611. The average molecular weight is 251 g/mol. The van der Waals surface area contributed by atoms with Crippen molar-refractivity contribution in [1.29, 1.82) is 0 Å². The van der Waals surface area contributed by atoms with Crippen LogP contribution in [0.15, 0.2) is 18.2 Å². The molecule has 0 aliphatic heterocycles. The summed E-state index contributed by atoms with van der Waals surface area (Å²) in [6, 6.07) is 5.06. The van der Waals surface area contributed by atoms with E-state index in [1.54, 1.807) is 30.6 Å². The summed E-state index contributed by atoms with van der Waals surface area (Å²) in [5, 5.41) is 9.99. The first-order chi connectivity index (χ1) is 8.04. The number of halogens is 1. The number of rotatable bonds is 1. The minimum Gasteiger partial charge on any atom is -0.288 e. The molecule has 2 aromatic rings. The van der Waals surface area contributed by atoms with E-state index in [-0.39, 0.29) is 0 Å². The third-order valence-corrected chi connectivity index (χ3v) is 3.05. The molecule has 0 unspecified atom stereocenters. The lowest BCUT2D eigenvalue weighted by Gasteiger charge is -2.09. The molecule has 5 heteroatoms. The monoisotopic (exact) mass is 250 g/mol. The minimum atomic E-state index is -0.553. The number of aromatic nitrogens is 1. The number of aryl methyl sites for hydroxylation is 2. The molecule has 2 rings (SSSR count). The molecule has 0 radical (unpaired) electrons. The van der Waals surface area contributed by atoms with E-state index < -0.39 is 5.91 Å². The standard InChI is InChI=1S/C12H11ClN2O2/c1-6-5-9(12(16)15-17)8-3-4-10(13)7(2)11(8)14-6/h3-5,17H,1-2H3,(H,15,16). The van der Waals surface area contributed by atoms with Crippen molar-refractivity contribution in [2.24, 2.45) is 0 Å². The molecule has 1 aromatic heterocycles. The molecule has 1 amide bonds. The molecule has 0 saturated carbocycles. The Kier molecular flexibility index (Phi) is 3.00. The lowest BCUT2D eigenvalue weighted by Crippen LogP contribution is -2.19. The smallest absolute Gasteiger partial charge is 0.275 e. The van der Waals surface area contributed by atoms with Gasteiger partial charge in [0.2, 0.25) is 0 Å². The molecule has 0 spiro atoms. The van der Waals surface area contributed by atoms with Gasteiger partial charge in [-0.05, 0) is 31.5 Å². The van der Waals surface area contributed by atoms with Crippen LogP contribution in [0.25, 0.3) is 10.9 Å². The average Bonchev–Trinajstić information content (AvgIpc) is 2.32. The molecule has 2 N–H and O–H groups in total. The largest absolute Gasteiger partial charge is 0.288 e. The maximum Gasteiger partial charge on any atom is 0.275 e. The van der Waals surface area contributed by atoms with Gasteiger partial charge in [0, 0.05) is 16.1 Å². The number of hydroxylamine groups is 1. The van der Waals surface area contributed by atoms with Crippen molar-refractivity contribution in [3.8, 4) is 0 Å². The van der Waals surface area contributed by atoms with Gasteiger partial charge in [0.05, 0.1) is 11.1 Å². The number of carbonyl (C=O) groups excluding carboxylic acids is 1. The van der Waals surface area contributed by atoms with Crippen molar-refractivity contribution in [3.05, 3.63) is 40.0 Å². The van der Waals surface area contributed by atoms with Gasteiger partial charge in [0.1, 0.15) is 0 Å². The van der Waals surface area contributed by atoms with Crippen LogP contribution < -0.4 is 5.48 Å². The second-order valence-corrected chi connectivity index (χ2v) is 4.23. The molecule has 0 fully saturated rings. The Labute approximate surface area is 103 Å². The number of nitrogens with one attached hydrogen (secondary N) is 1. The summed E-state index contributed by atoms with van der Waals surface area (Å²) in [4.78, 5) is 15.9. The Morgan fingerprint density at radius 1 is 1.41 bits per heavy atom. The fourth-order valence-electron chi connectivity index (χ4n) is 1.78. The van der Waals surface area contributed by atoms with Crippen molar-refractivity contribution in [2.75, 3.05) is 0 Å². The summed E-state index contributed by atoms with van der Waals surface area (Å²) < 4.78 is 0. The highest BCUT2D eigenvalue weighted by molar-refractivity contribution is 6.32. The highest BCUT2D eigenvalue weighted by Gasteiger charge is 2.13. The van der Waals surface area contributed by atoms with Gasteiger partial charge in [-0.1, -0.05) is 17.7 Å². The maximum atomic E-state index is 11.6. The number of nitrogens with zero attached hydrogens (tertiary/aromatic N) is 1. The normalized spacial score (nSPS) is 10.6.